The third kappa shape index (κ3) is 3.82. The summed E-state index contributed by atoms with van der Waals surface area (Å²) in [7, 11) is 1.64. The third-order valence-electron chi connectivity index (χ3n) is 4.29. The van der Waals surface area contributed by atoms with E-state index in [-0.39, 0.29) is 11.8 Å². The number of methoxy groups -OCH3 is 1. The van der Waals surface area contributed by atoms with Gasteiger partial charge in [0.25, 0.3) is 0 Å². The zero-order valence-corrected chi connectivity index (χ0v) is 15.0. The first-order valence-electron chi connectivity index (χ1n) is 8.69. The van der Waals surface area contributed by atoms with Crippen LogP contribution < -0.4 is 10.5 Å². The Labute approximate surface area is 152 Å². The van der Waals surface area contributed by atoms with E-state index < -0.39 is 0 Å². The van der Waals surface area contributed by atoms with Crippen molar-refractivity contribution >= 4 is 5.95 Å². The van der Waals surface area contributed by atoms with Gasteiger partial charge in [-0.1, -0.05) is 13.3 Å². The molecule has 4 nitrogen and oxygen atoms in total. The Kier molecular flexibility index (Phi) is 5.46. The number of unbranched alkanes of at least 4 members (excludes halogenated alkanes) is 1. The number of nitrogen functional groups attached to an aromatic ring is 1. The summed E-state index contributed by atoms with van der Waals surface area (Å²) in [5.41, 5.74) is 10.4. The second-order valence-electron chi connectivity index (χ2n) is 6.10. The highest BCUT2D eigenvalue weighted by Crippen LogP contribution is 2.32. The topological polar surface area (TPSA) is 61.0 Å². The van der Waals surface area contributed by atoms with Crippen LogP contribution in [0.4, 0.5) is 10.3 Å². The van der Waals surface area contributed by atoms with Crippen molar-refractivity contribution in [2.75, 3.05) is 12.8 Å². The van der Waals surface area contributed by atoms with E-state index in [0.717, 1.165) is 53.1 Å². The first kappa shape index (κ1) is 17.9. The maximum atomic E-state index is 13.3. The molecule has 26 heavy (non-hydrogen) atoms. The Morgan fingerprint density at radius 2 is 1.46 bits per heavy atom. The van der Waals surface area contributed by atoms with Crippen molar-refractivity contribution in [3.8, 4) is 28.3 Å². The minimum Gasteiger partial charge on any atom is -0.497 e. The van der Waals surface area contributed by atoms with E-state index in [9.17, 15) is 4.39 Å². The second-order valence-corrected chi connectivity index (χ2v) is 6.10. The molecule has 2 aromatic carbocycles. The van der Waals surface area contributed by atoms with Crippen LogP contribution in [-0.4, -0.2) is 17.1 Å². The van der Waals surface area contributed by atoms with Gasteiger partial charge in [-0.05, 0) is 61.4 Å². The Hall–Kier alpha value is -2.95. The van der Waals surface area contributed by atoms with Gasteiger partial charge in [-0.2, -0.15) is 0 Å². The monoisotopic (exact) mass is 351 g/mol. The van der Waals surface area contributed by atoms with Crippen molar-refractivity contribution in [2.24, 2.45) is 0 Å². The van der Waals surface area contributed by atoms with Crippen molar-refractivity contribution in [1.82, 2.24) is 9.97 Å². The molecule has 3 rings (SSSR count). The molecule has 0 spiro atoms. The third-order valence-corrected chi connectivity index (χ3v) is 4.29. The molecular weight excluding hydrogens is 329 g/mol. The highest BCUT2D eigenvalue weighted by atomic mass is 19.1. The van der Waals surface area contributed by atoms with E-state index in [1.54, 1.807) is 19.2 Å². The molecule has 0 amide bonds. The van der Waals surface area contributed by atoms with Crippen molar-refractivity contribution in [3.63, 3.8) is 0 Å². The maximum absolute atomic E-state index is 13.3. The molecule has 0 aliphatic carbocycles. The minimum atomic E-state index is -0.277. The van der Waals surface area contributed by atoms with Crippen LogP contribution in [-0.2, 0) is 6.42 Å². The van der Waals surface area contributed by atoms with E-state index in [1.807, 2.05) is 24.3 Å². The second kappa shape index (κ2) is 7.95. The van der Waals surface area contributed by atoms with Crippen molar-refractivity contribution in [3.05, 3.63) is 59.9 Å². The molecular formula is C21H22FN3O. The number of halogens is 1. The minimum absolute atomic E-state index is 0.204. The maximum Gasteiger partial charge on any atom is 0.221 e. The van der Waals surface area contributed by atoms with Gasteiger partial charge in [0.1, 0.15) is 11.6 Å². The molecule has 3 aromatic rings. The number of hydrogen-bond acceptors (Lipinski definition) is 4. The highest BCUT2D eigenvalue weighted by Gasteiger charge is 2.16. The fourth-order valence-corrected chi connectivity index (χ4v) is 2.93. The van der Waals surface area contributed by atoms with Gasteiger partial charge in [-0.25, -0.2) is 14.4 Å². The van der Waals surface area contributed by atoms with Gasteiger partial charge in [0, 0.05) is 16.7 Å². The van der Waals surface area contributed by atoms with Crippen LogP contribution in [0.5, 0.6) is 5.75 Å². The van der Waals surface area contributed by atoms with Crippen molar-refractivity contribution < 1.29 is 9.13 Å². The highest BCUT2D eigenvalue weighted by molar-refractivity contribution is 5.75. The molecule has 0 saturated heterocycles. The molecule has 5 heteroatoms. The van der Waals surface area contributed by atoms with Crippen LogP contribution in [0.15, 0.2) is 48.5 Å². The van der Waals surface area contributed by atoms with Crippen LogP contribution in [0.2, 0.25) is 0 Å². The van der Waals surface area contributed by atoms with Gasteiger partial charge >= 0.3 is 0 Å². The standard InChI is InChI=1S/C21H22FN3O/c1-3-4-5-18-19(14-6-10-16(22)11-7-14)24-21(23)25-20(18)15-8-12-17(26-2)13-9-15/h6-13H,3-5H2,1-2H3,(H2,23,24,25). The van der Waals surface area contributed by atoms with Gasteiger partial charge in [-0.3, -0.25) is 0 Å². The Balaban J connectivity index is 2.17. The fraction of sp³-hybridized carbons (Fsp3) is 0.238. The molecule has 0 fully saturated rings. The number of aromatic nitrogens is 2. The summed E-state index contributed by atoms with van der Waals surface area (Å²) >= 11 is 0. The number of rotatable bonds is 6. The summed E-state index contributed by atoms with van der Waals surface area (Å²) in [4.78, 5) is 8.97. The van der Waals surface area contributed by atoms with E-state index in [4.69, 9.17) is 10.5 Å². The number of benzene rings is 2. The zero-order chi connectivity index (χ0) is 18.5. The largest absolute Gasteiger partial charge is 0.497 e. The van der Waals surface area contributed by atoms with Crippen LogP contribution >= 0.6 is 0 Å². The molecule has 134 valence electrons. The average molecular weight is 351 g/mol. The summed E-state index contributed by atoms with van der Waals surface area (Å²) in [5.74, 6) is 0.710. The average Bonchev–Trinajstić information content (AvgIpc) is 2.67. The molecule has 0 atom stereocenters. The number of nitrogens with two attached hydrogens (primary N) is 1. The van der Waals surface area contributed by atoms with Crippen LogP contribution in [0.1, 0.15) is 25.3 Å². The lowest BCUT2D eigenvalue weighted by Gasteiger charge is -2.15. The molecule has 0 saturated carbocycles. The zero-order valence-electron chi connectivity index (χ0n) is 15.0. The van der Waals surface area contributed by atoms with E-state index in [2.05, 4.69) is 16.9 Å². The van der Waals surface area contributed by atoms with Gasteiger partial charge in [0.2, 0.25) is 5.95 Å². The van der Waals surface area contributed by atoms with Gasteiger partial charge in [-0.15, -0.1) is 0 Å². The molecule has 1 heterocycles. The molecule has 0 bridgehead atoms. The molecule has 0 unspecified atom stereocenters. The van der Waals surface area contributed by atoms with E-state index >= 15 is 0 Å². The predicted octanol–water partition coefficient (Wildman–Crippen LogP) is 4.88. The number of ether oxygens (including phenoxy) is 1. The van der Waals surface area contributed by atoms with Gasteiger partial charge in [0.15, 0.2) is 0 Å². The lowest BCUT2D eigenvalue weighted by atomic mass is 9.96. The molecule has 0 aliphatic rings. The summed E-state index contributed by atoms with van der Waals surface area (Å²) < 4.78 is 18.6. The predicted molar refractivity (Wildman–Crippen MR) is 102 cm³/mol. The summed E-state index contributed by atoms with van der Waals surface area (Å²) in [6.07, 6.45) is 2.88. The number of nitrogens with zero attached hydrogens (tertiary/aromatic N) is 2. The normalized spacial score (nSPS) is 10.7. The lowest BCUT2D eigenvalue weighted by molar-refractivity contribution is 0.415. The molecule has 0 aliphatic heterocycles. The summed E-state index contributed by atoms with van der Waals surface area (Å²) in [6.45, 7) is 2.14. The molecule has 0 radical (unpaired) electrons. The van der Waals surface area contributed by atoms with Crippen LogP contribution in [0.3, 0.4) is 0 Å². The summed E-state index contributed by atoms with van der Waals surface area (Å²) in [5, 5.41) is 0. The fourth-order valence-electron chi connectivity index (χ4n) is 2.93. The van der Waals surface area contributed by atoms with Gasteiger partial charge in [0.05, 0.1) is 18.5 Å². The summed E-state index contributed by atoms with van der Waals surface area (Å²) in [6, 6.07) is 14.0. The lowest BCUT2D eigenvalue weighted by Crippen LogP contribution is -2.05. The Bertz CT molecular complexity index is 877. The Morgan fingerprint density at radius 3 is 1.96 bits per heavy atom. The van der Waals surface area contributed by atoms with Crippen LogP contribution in [0, 0.1) is 5.82 Å². The van der Waals surface area contributed by atoms with Crippen molar-refractivity contribution in [2.45, 2.75) is 26.2 Å². The quantitative estimate of drug-likeness (QED) is 0.687. The van der Waals surface area contributed by atoms with Crippen LogP contribution in [0.25, 0.3) is 22.5 Å². The first-order valence-corrected chi connectivity index (χ1v) is 8.69. The van der Waals surface area contributed by atoms with Crippen molar-refractivity contribution in [1.29, 1.82) is 0 Å². The number of hydrogen-bond donors (Lipinski definition) is 1. The van der Waals surface area contributed by atoms with E-state index in [0.29, 0.717) is 0 Å². The smallest absolute Gasteiger partial charge is 0.221 e. The van der Waals surface area contributed by atoms with E-state index in [1.165, 1.54) is 12.1 Å². The Morgan fingerprint density at radius 1 is 0.923 bits per heavy atom. The number of anilines is 1. The molecule has 2 N–H and O–H groups in total. The SMILES string of the molecule is CCCCc1c(-c2ccc(F)cc2)nc(N)nc1-c1ccc(OC)cc1. The molecule has 1 aromatic heterocycles. The van der Waals surface area contributed by atoms with Gasteiger partial charge < -0.3 is 10.5 Å². The first-order chi connectivity index (χ1) is 12.6.